The number of cyclic esters (lactones) is 1. The molecule has 2 aromatic carbocycles. The number of hydrazine groups is 1. The van der Waals surface area contributed by atoms with Crippen molar-refractivity contribution >= 4 is 57.3 Å². The van der Waals surface area contributed by atoms with Gasteiger partial charge in [0.1, 0.15) is 12.1 Å². The number of rotatable bonds is 12. The van der Waals surface area contributed by atoms with E-state index in [1.165, 1.54) is 16.3 Å². The Bertz CT molecular complexity index is 3110. The van der Waals surface area contributed by atoms with Crippen LogP contribution in [0.2, 0.25) is 0 Å². The summed E-state index contributed by atoms with van der Waals surface area (Å²) < 4.78 is 30.2. The number of methoxy groups -OCH3 is 1. The number of pyridine rings is 1. The predicted octanol–water partition coefficient (Wildman–Crippen LogP) is 8.18. The van der Waals surface area contributed by atoms with Gasteiger partial charge in [-0.3, -0.25) is 34.1 Å². The van der Waals surface area contributed by atoms with Crippen LogP contribution in [0, 0.1) is 29.6 Å². The van der Waals surface area contributed by atoms with Crippen molar-refractivity contribution in [1.82, 2.24) is 44.4 Å². The summed E-state index contributed by atoms with van der Waals surface area (Å²) in [5, 5.41) is 8.72. The van der Waals surface area contributed by atoms with E-state index >= 15 is 9.59 Å². The fourth-order valence-corrected chi connectivity index (χ4v) is 16.3. The van der Waals surface area contributed by atoms with Gasteiger partial charge in [0, 0.05) is 90.7 Å². The lowest BCUT2D eigenvalue weighted by Gasteiger charge is -2.56. The lowest BCUT2D eigenvalue weighted by molar-refractivity contribution is -0.155. The third-order valence-electron chi connectivity index (χ3n) is 18.3. The number of likely N-dealkylation sites (tertiary alicyclic amines) is 2. The molecule has 8 atom stereocenters. The average molecular weight is 1110 g/mol. The highest BCUT2D eigenvalue weighted by Crippen LogP contribution is 2.52. The van der Waals surface area contributed by atoms with Crippen LogP contribution in [0.1, 0.15) is 120 Å². The summed E-state index contributed by atoms with van der Waals surface area (Å²) in [4.78, 5) is 74.0. The molecule has 18 heteroatoms. The maximum absolute atomic E-state index is 15.3. The van der Waals surface area contributed by atoms with E-state index in [4.69, 9.17) is 19.4 Å². The Hall–Kier alpha value is -5.21. The molecule has 2 N–H and O–H groups in total. The van der Waals surface area contributed by atoms with Crippen molar-refractivity contribution < 1.29 is 33.2 Å². The normalized spacial score (nSPS) is 26.5. The van der Waals surface area contributed by atoms with Crippen molar-refractivity contribution in [3.8, 4) is 22.5 Å². The minimum atomic E-state index is -1.40. The molecule has 4 saturated heterocycles. The molecule has 420 valence electrons. The van der Waals surface area contributed by atoms with Gasteiger partial charge in [-0.1, -0.05) is 50.5 Å². The molecule has 1 unspecified atom stereocenters. The predicted molar refractivity (Wildman–Crippen MR) is 305 cm³/mol. The quantitative estimate of drug-likeness (QED) is 0.0697. The number of fused-ring (bicyclic) bond motifs is 6. The van der Waals surface area contributed by atoms with E-state index in [9.17, 15) is 14.1 Å². The first-order chi connectivity index (χ1) is 38.1. The van der Waals surface area contributed by atoms with Crippen LogP contribution in [0.15, 0.2) is 71.1 Å². The number of aromatic nitrogens is 3. The second-order valence-electron chi connectivity index (χ2n) is 24.7. The number of nitrogens with one attached hydrogen (secondary N) is 2. The number of hydrogen-bond donors (Lipinski definition) is 2. The van der Waals surface area contributed by atoms with Crippen LogP contribution in [0.25, 0.3) is 33.4 Å². The molecule has 79 heavy (non-hydrogen) atoms. The number of piperidine rings is 1. The first-order valence-corrected chi connectivity index (χ1v) is 31.0. The SMILES string of the molecule is CCn1c(-c2cccnc2[C@H](C)OC)c2c3cc(ccc31)-c1csc(n1)C[C@H](NC(=O)[C@H](C1CCCC1)N1CCCC3(CN(C(=O)[C@H]4[C@@H](C5CC5)N4[S@+]([O-])c4ccc(C)cc4)C3)C1)C(=O)N1CCC[C@H](N1)C(=O)OCC(C)(C)C2. The van der Waals surface area contributed by atoms with Gasteiger partial charge in [-0.05, 0) is 139 Å². The Kier molecular flexibility index (Phi) is 15.1. The second-order valence-corrected chi connectivity index (χ2v) is 27.1. The molecule has 16 nitrogen and oxygen atoms in total. The molecule has 7 aliphatic rings. The summed E-state index contributed by atoms with van der Waals surface area (Å²) in [5.41, 5.74) is 10.6. The van der Waals surface area contributed by atoms with Crippen LogP contribution < -0.4 is 10.7 Å². The summed E-state index contributed by atoms with van der Waals surface area (Å²) in [6.45, 7) is 14.4. The van der Waals surface area contributed by atoms with Gasteiger partial charge in [0.2, 0.25) is 11.8 Å². The van der Waals surface area contributed by atoms with Gasteiger partial charge in [0.15, 0.2) is 10.9 Å². The van der Waals surface area contributed by atoms with Gasteiger partial charge in [-0.25, -0.2) is 10.4 Å². The Balaban J connectivity index is 0.820. The molecule has 6 fully saturated rings. The van der Waals surface area contributed by atoms with Crippen LogP contribution in [0.5, 0.6) is 0 Å². The molecular formula is C61H77N9O7S2. The monoisotopic (exact) mass is 1110 g/mol. The van der Waals surface area contributed by atoms with Crippen molar-refractivity contribution in [2.75, 3.05) is 46.4 Å². The number of amides is 3. The van der Waals surface area contributed by atoms with Gasteiger partial charge < -0.3 is 28.8 Å². The molecule has 1 spiro atoms. The fourth-order valence-electron chi connectivity index (χ4n) is 14.0. The van der Waals surface area contributed by atoms with Crippen LogP contribution in [-0.2, 0) is 59.4 Å². The van der Waals surface area contributed by atoms with Gasteiger partial charge >= 0.3 is 5.97 Å². The smallest absolute Gasteiger partial charge is 0.324 e. The highest BCUT2D eigenvalue weighted by Gasteiger charge is 2.68. The third kappa shape index (κ3) is 10.7. The van der Waals surface area contributed by atoms with E-state index in [1.807, 2.05) is 65.0 Å². The minimum absolute atomic E-state index is 0.0153. The van der Waals surface area contributed by atoms with Gasteiger partial charge in [0.05, 0.1) is 58.2 Å². The maximum Gasteiger partial charge on any atom is 0.324 e. The van der Waals surface area contributed by atoms with Crippen molar-refractivity contribution in [3.05, 3.63) is 88.0 Å². The Labute approximate surface area is 471 Å². The highest BCUT2D eigenvalue weighted by molar-refractivity contribution is 7.89. The van der Waals surface area contributed by atoms with Gasteiger partial charge in [-0.2, -0.15) is 0 Å². The molecular weight excluding hydrogens is 1030 g/mol. The van der Waals surface area contributed by atoms with E-state index in [0.29, 0.717) is 57.9 Å². The summed E-state index contributed by atoms with van der Waals surface area (Å²) in [6.07, 6.45) is 11.4. The number of carbonyl (C=O) groups excluding carboxylic acids is 4. The fraction of sp³-hybridized carbons (Fsp3) is 0.574. The number of carbonyl (C=O) groups is 4. The van der Waals surface area contributed by atoms with Crippen LogP contribution in [0.3, 0.4) is 0 Å². The van der Waals surface area contributed by atoms with Crippen molar-refractivity contribution in [3.63, 3.8) is 0 Å². The Morgan fingerprint density at radius 2 is 1.78 bits per heavy atom. The number of hydrogen-bond acceptors (Lipinski definition) is 13. The third-order valence-corrected chi connectivity index (χ3v) is 20.7. The van der Waals surface area contributed by atoms with Crippen molar-refractivity contribution in [2.45, 2.75) is 159 Å². The molecule has 5 aromatic rings. The zero-order valence-corrected chi connectivity index (χ0v) is 48.3. The molecule has 5 aliphatic heterocycles. The topological polar surface area (TPSA) is 177 Å². The Morgan fingerprint density at radius 1 is 1.00 bits per heavy atom. The standard InChI is InChI=1S/C61H77N9O7S2/c1-7-68-49-24-21-41-29-44(49)45(54(68)43-15-10-26-62-51(43)38(3)76-6)31-60(4,5)36-77-59(74)46-16-11-28-69(65-46)57(72)47(30-50-63-48(41)32-78-50)64-56(71)53(39-13-8-9-14-39)66-27-12-25-61(33-66)34-67(35-61)58(73)55-52(40-19-20-40)70(55)79(75)42-22-17-37(2)18-23-42/h10,15,17-18,21-24,26,29,32,38-40,46-47,52-53,55,65H,7-9,11-14,16,19-20,25,27-28,30-31,33-36H2,1-6H3,(H,64,71)/t38-,46-,47-,52+,53-,55+,70?,79+/m0/s1. The van der Waals surface area contributed by atoms with Crippen LogP contribution in [0.4, 0.5) is 0 Å². The van der Waals surface area contributed by atoms with E-state index in [1.54, 1.807) is 7.11 Å². The van der Waals surface area contributed by atoms with E-state index in [0.717, 1.165) is 118 Å². The molecule has 3 amide bonds. The highest BCUT2D eigenvalue weighted by atomic mass is 32.2. The number of ether oxygens (including phenoxy) is 2. The number of nitrogens with zero attached hydrogens (tertiary/aromatic N) is 7. The largest absolute Gasteiger partial charge is 0.593 e. The second kappa shape index (κ2) is 21.9. The summed E-state index contributed by atoms with van der Waals surface area (Å²) in [7, 11) is 1.70. The molecule has 3 aromatic heterocycles. The summed E-state index contributed by atoms with van der Waals surface area (Å²) in [5.74, 6) is -0.269. The van der Waals surface area contributed by atoms with Gasteiger partial charge in [-0.15, -0.1) is 15.6 Å². The van der Waals surface area contributed by atoms with Crippen molar-refractivity contribution in [1.29, 1.82) is 0 Å². The molecule has 2 saturated carbocycles. The van der Waals surface area contributed by atoms with Crippen molar-refractivity contribution in [2.24, 2.45) is 22.7 Å². The molecule has 8 heterocycles. The van der Waals surface area contributed by atoms with Gasteiger partial charge in [0.25, 0.3) is 5.91 Å². The number of esters is 1. The summed E-state index contributed by atoms with van der Waals surface area (Å²) in [6, 6.07) is 15.9. The van der Waals surface area contributed by atoms with E-state index in [2.05, 4.69) is 65.2 Å². The van der Waals surface area contributed by atoms with Crippen LogP contribution >= 0.6 is 11.3 Å². The minimum Gasteiger partial charge on any atom is -0.593 e. The van der Waals surface area contributed by atoms with E-state index < -0.39 is 40.9 Å². The molecule has 0 radical (unpaired) electrons. The number of benzene rings is 2. The zero-order valence-electron chi connectivity index (χ0n) is 46.7. The molecule has 12 rings (SSSR count). The number of thiazole rings is 1. The first kappa shape index (κ1) is 54.4. The maximum atomic E-state index is 15.3. The van der Waals surface area contributed by atoms with E-state index in [-0.39, 0.29) is 60.3 Å². The average Bonchev–Trinajstić information content (AvgIpc) is 3.64. The number of aryl methyl sites for hydroxylation is 2. The molecule has 2 aliphatic carbocycles. The zero-order chi connectivity index (χ0) is 54.9. The summed E-state index contributed by atoms with van der Waals surface area (Å²) >= 11 is 0.0875. The lowest BCUT2D eigenvalue weighted by atomic mass is 9.72. The molecule has 6 bridgehead atoms. The Morgan fingerprint density at radius 3 is 2.53 bits per heavy atom. The lowest BCUT2D eigenvalue weighted by Crippen LogP contribution is -2.68. The van der Waals surface area contributed by atoms with Crippen LogP contribution in [-0.4, -0.2) is 139 Å². The first-order valence-electron chi connectivity index (χ1n) is 29.1.